The SMILES string of the molecule is Cc1nnn(N)n1. The summed E-state index contributed by atoms with van der Waals surface area (Å²) in [4.78, 5) is 0.926. The Morgan fingerprint density at radius 3 is 2.57 bits per heavy atom. The van der Waals surface area contributed by atoms with Gasteiger partial charge in [0.15, 0.2) is 5.82 Å². The first-order valence-electron chi connectivity index (χ1n) is 1.81. The zero-order valence-corrected chi connectivity index (χ0v) is 3.87. The Hall–Kier alpha value is -1.13. The first-order valence-corrected chi connectivity index (χ1v) is 1.81. The van der Waals surface area contributed by atoms with E-state index in [9.17, 15) is 0 Å². The van der Waals surface area contributed by atoms with E-state index in [2.05, 4.69) is 15.4 Å². The maximum Gasteiger partial charge on any atom is 0.173 e. The molecule has 5 heteroatoms. The molecule has 0 aliphatic heterocycles. The molecule has 0 saturated carbocycles. The summed E-state index contributed by atoms with van der Waals surface area (Å²) >= 11 is 0. The Labute approximate surface area is 40.1 Å². The molecule has 0 aliphatic carbocycles. The number of nitrogen functional groups attached to an aromatic ring is 1. The molecule has 0 radical (unpaired) electrons. The van der Waals surface area contributed by atoms with E-state index in [0.717, 1.165) is 4.91 Å². The van der Waals surface area contributed by atoms with Crippen LogP contribution in [0.3, 0.4) is 0 Å². The molecule has 38 valence electrons. The fourth-order valence-corrected chi connectivity index (χ4v) is 0.299. The van der Waals surface area contributed by atoms with Crippen LogP contribution in [0.25, 0.3) is 0 Å². The van der Waals surface area contributed by atoms with Gasteiger partial charge in [-0.05, 0) is 12.1 Å². The molecular formula is C2H5N5. The third-order valence-electron chi connectivity index (χ3n) is 0.528. The van der Waals surface area contributed by atoms with Crippen LogP contribution in [0.4, 0.5) is 0 Å². The van der Waals surface area contributed by atoms with Gasteiger partial charge in [-0.15, -0.1) is 10.2 Å². The molecule has 0 saturated heterocycles. The molecule has 0 amide bonds. The highest BCUT2D eigenvalue weighted by Gasteiger charge is 1.86. The Morgan fingerprint density at radius 1 is 1.71 bits per heavy atom. The summed E-state index contributed by atoms with van der Waals surface area (Å²) in [6, 6.07) is 0. The fourth-order valence-electron chi connectivity index (χ4n) is 0.299. The third-order valence-corrected chi connectivity index (χ3v) is 0.528. The average Bonchev–Trinajstić information content (AvgIpc) is 1.87. The van der Waals surface area contributed by atoms with Gasteiger partial charge in [-0.3, -0.25) is 0 Å². The summed E-state index contributed by atoms with van der Waals surface area (Å²) in [5, 5.41) is 10.4. The molecule has 0 fully saturated rings. The van der Waals surface area contributed by atoms with Crippen LogP contribution in [0, 0.1) is 6.92 Å². The summed E-state index contributed by atoms with van der Waals surface area (Å²) in [6.45, 7) is 1.72. The highest BCUT2D eigenvalue weighted by Crippen LogP contribution is 1.72. The van der Waals surface area contributed by atoms with Gasteiger partial charge in [0.1, 0.15) is 0 Å². The number of aromatic nitrogens is 4. The smallest absolute Gasteiger partial charge is 0.173 e. The monoisotopic (exact) mass is 99.1 g/mol. The molecule has 0 aliphatic rings. The highest BCUT2D eigenvalue weighted by molar-refractivity contribution is 4.65. The van der Waals surface area contributed by atoms with Crippen molar-refractivity contribution in [3.05, 3.63) is 5.82 Å². The lowest BCUT2D eigenvalue weighted by molar-refractivity contribution is 0.678. The molecule has 7 heavy (non-hydrogen) atoms. The van der Waals surface area contributed by atoms with E-state index >= 15 is 0 Å². The Balaban J connectivity index is 3.04. The lowest BCUT2D eigenvalue weighted by atomic mass is 10.8. The van der Waals surface area contributed by atoms with Crippen molar-refractivity contribution in [1.82, 2.24) is 20.3 Å². The number of hydrogen-bond acceptors (Lipinski definition) is 4. The summed E-state index contributed by atoms with van der Waals surface area (Å²) in [5.41, 5.74) is 0. The van der Waals surface area contributed by atoms with Crippen molar-refractivity contribution in [2.24, 2.45) is 0 Å². The normalized spacial score (nSPS) is 9.29. The van der Waals surface area contributed by atoms with Gasteiger partial charge in [-0.1, -0.05) is 4.91 Å². The van der Waals surface area contributed by atoms with E-state index in [0.29, 0.717) is 5.82 Å². The number of aryl methyl sites for hydroxylation is 1. The van der Waals surface area contributed by atoms with Gasteiger partial charge >= 0.3 is 0 Å². The van der Waals surface area contributed by atoms with Crippen LogP contribution in [0.1, 0.15) is 5.82 Å². The molecular weight excluding hydrogens is 94.1 g/mol. The molecule has 1 heterocycles. The highest BCUT2D eigenvalue weighted by atomic mass is 15.7. The molecule has 0 bridgehead atoms. The summed E-state index contributed by atoms with van der Waals surface area (Å²) in [6.07, 6.45) is 0. The van der Waals surface area contributed by atoms with Crippen LogP contribution < -0.4 is 5.84 Å². The molecule has 0 atom stereocenters. The predicted molar refractivity (Wildman–Crippen MR) is 22.7 cm³/mol. The van der Waals surface area contributed by atoms with E-state index in [1.165, 1.54) is 0 Å². The van der Waals surface area contributed by atoms with Gasteiger partial charge in [0.25, 0.3) is 0 Å². The average molecular weight is 99.1 g/mol. The molecule has 5 nitrogen and oxygen atoms in total. The standard InChI is InChI=1S/C2H5N5/c1-2-4-6-7(3)5-2/h3H2,1H3. The summed E-state index contributed by atoms with van der Waals surface area (Å²) in [5.74, 6) is 5.60. The van der Waals surface area contributed by atoms with Gasteiger partial charge in [0.05, 0.1) is 0 Å². The first kappa shape index (κ1) is 4.04. The van der Waals surface area contributed by atoms with Crippen LogP contribution in [0.2, 0.25) is 0 Å². The van der Waals surface area contributed by atoms with Crippen molar-refractivity contribution in [3.63, 3.8) is 0 Å². The maximum absolute atomic E-state index is 5.01. The van der Waals surface area contributed by atoms with Crippen molar-refractivity contribution in [3.8, 4) is 0 Å². The quantitative estimate of drug-likeness (QED) is 0.410. The van der Waals surface area contributed by atoms with E-state index in [4.69, 9.17) is 5.84 Å². The van der Waals surface area contributed by atoms with Gasteiger partial charge in [-0.2, -0.15) is 0 Å². The lowest BCUT2D eigenvalue weighted by Gasteiger charge is -1.74. The largest absolute Gasteiger partial charge is 0.304 e. The van der Waals surface area contributed by atoms with Crippen molar-refractivity contribution < 1.29 is 0 Å². The third kappa shape index (κ3) is 0.648. The van der Waals surface area contributed by atoms with E-state index < -0.39 is 0 Å². The fraction of sp³-hybridized carbons (Fsp3) is 0.500. The second-order valence-electron chi connectivity index (χ2n) is 1.16. The second kappa shape index (κ2) is 1.18. The van der Waals surface area contributed by atoms with Gasteiger partial charge < -0.3 is 5.84 Å². The number of rotatable bonds is 0. The van der Waals surface area contributed by atoms with Crippen LogP contribution >= 0.6 is 0 Å². The van der Waals surface area contributed by atoms with Crippen molar-refractivity contribution in [2.45, 2.75) is 6.92 Å². The minimum Gasteiger partial charge on any atom is -0.304 e. The van der Waals surface area contributed by atoms with Crippen molar-refractivity contribution in [1.29, 1.82) is 0 Å². The van der Waals surface area contributed by atoms with E-state index in [1.807, 2.05) is 0 Å². The Morgan fingerprint density at radius 2 is 2.43 bits per heavy atom. The van der Waals surface area contributed by atoms with E-state index in [1.54, 1.807) is 6.92 Å². The van der Waals surface area contributed by atoms with Crippen LogP contribution in [-0.4, -0.2) is 20.3 Å². The number of nitrogens with zero attached hydrogens (tertiary/aromatic N) is 4. The zero-order chi connectivity index (χ0) is 5.28. The number of hydrogen-bond donors (Lipinski definition) is 1. The Bertz CT molecular complexity index is 138. The van der Waals surface area contributed by atoms with Gasteiger partial charge in [0, 0.05) is 0 Å². The lowest BCUT2D eigenvalue weighted by Crippen LogP contribution is -2.11. The van der Waals surface area contributed by atoms with Gasteiger partial charge in [0.2, 0.25) is 0 Å². The van der Waals surface area contributed by atoms with Crippen LogP contribution in [-0.2, 0) is 0 Å². The topological polar surface area (TPSA) is 69.6 Å². The minimum atomic E-state index is 0.586. The number of nitrogens with two attached hydrogens (primary N) is 1. The molecule has 1 rings (SSSR count). The molecule has 0 aromatic carbocycles. The summed E-state index contributed by atoms with van der Waals surface area (Å²) in [7, 11) is 0. The molecule has 1 aromatic rings. The zero-order valence-electron chi connectivity index (χ0n) is 3.87. The molecule has 0 spiro atoms. The first-order chi connectivity index (χ1) is 3.29. The van der Waals surface area contributed by atoms with Crippen LogP contribution in [0.5, 0.6) is 0 Å². The van der Waals surface area contributed by atoms with Gasteiger partial charge in [-0.25, -0.2) is 0 Å². The predicted octanol–water partition coefficient (Wildman–Crippen LogP) is -1.30. The molecule has 0 unspecified atom stereocenters. The summed E-state index contributed by atoms with van der Waals surface area (Å²) < 4.78 is 0. The second-order valence-corrected chi connectivity index (χ2v) is 1.16. The van der Waals surface area contributed by atoms with Crippen molar-refractivity contribution in [2.75, 3.05) is 5.84 Å². The maximum atomic E-state index is 5.01. The van der Waals surface area contributed by atoms with Crippen LogP contribution in [0.15, 0.2) is 0 Å². The van der Waals surface area contributed by atoms with Crippen molar-refractivity contribution >= 4 is 0 Å². The van der Waals surface area contributed by atoms with E-state index in [-0.39, 0.29) is 0 Å². The molecule has 1 aromatic heterocycles. The Kier molecular flexibility index (Phi) is 0.680. The molecule has 2 N–H and O–H groups in total. The minimum absolute atomic E-state index is 0.586. The number of tetrazole rings is 1.